The number of nitrogen functional groups attached to an aromatic ring is 1. The van der Waals surface area contributed by atoms with E-state index in [4.69, 9.17) is 14.6 Å². The molecule has 0 aliphatic carbocycles. The summed E-state index contributed by atoms with van der Waals surface area (Å²) in [5, 5.41) is 15.6. The molecule has 0 fully saturated rings. The second kappa shape index (κ2) is 3.95. The summed E-state index contributed by atoms with van der Waals surface area (Å²) >= 11 is 0. The molecule has 4 rings (SSSR count). The zero-order chi connectivity index (χ0) is 13.5. The molecule has 4 heterocycles. The van der Waals surface area contributed by atoms with Crippen molar-refractivity contribution in [1.29, 1.82) is 0 Å². The van der Waals surface area contributed by atoms with Gasteiger partial charge >= 0.3 is 0 Å². The minimum absolute atomic E-state index is 0.411. The van der Waals surface area contributed by atoms with Gasteiger partial charge in [0.2, 0.25) is 5.65 Å². The number of aromatic nitrogens is 4. The van der Waals surface area contributed by atoms with Gasteiger partial charge in [0.05, 0.1) is 23.5 Å². The molecule has 0 spiro atoms. The molecule has 3 N–H and O–H groups in total. The standard InChI is InChI=1S/C13H9N5O2/c14-12-10-9(7-3-1-5-19-7)11(8-4-2-6-20-8)15-17-13(10)18-16-12/h1-6H,(H3,14,16,17,18). The Labute approximate surface area is 112 Å². The first kappa shape index (κ1) is 10.8. The lowest BCUT2D eigenvalue weighted by Gasteiger charge is -2.04. The lowest BCUT2D eigenvalue weighted by Crippen LogP contribution is -1.94. The Hall–Kier alpha value is -3.09. The Morgan fingerprint density at radius 1 is 1.00 bits per heavy atom. The lowest BCUT2D eigenvalue weighted by molar-refractivity contribution is 0.573. The molecular weight excluding hydrogens is 258 g/mol. The normalized spacial score (nSPS) is 11.2. The molecule has 0 saturated heterocycles. The summed E-state index contributed by atoms with van der Waals surface area (Å²) in [6, 6.07) is 7.21. The van der Waals surface area contributed by atoms with Crippen LogP contribution in [0.4, 0.5) is 5.82 Å². The number of nitrogens with zero attached hydrogens (tertiary/aromatic N) is 3. The predicted molar refractivity (Wildman–Crippen MR) is 71.5 cm³/mol. The third-order valence-electron chi connectivity index (χ3n) is 3.03. The van der Waals surface area contributed by atoms with Crippen molar-refractivity contribution >= 4 is 16.9 Å². The number of aromatic amines is 1. The highest BCUT2D eigenvalue weighted by Gasteiger charge is 2.21. The lowest BCUT2D eigenvalue weighted by atomic mass is 10.1. The number of H-pyrrole nitrogens is 1. The number of furan rings is 2. The Morgan fingerprint density at radius 2 is 1.75 bits per heavy atom. The van der Waals surface area contributed by atoms with Gasteiger partial charge in [0.25, 0.3) is 0 Å². The number of nitrogens with one attached hydrogen (secondary N) is 1. The Bertz CT molecular complexity index is 862. The van der Waals surface area contributed by atoms with Crippen LogP contribution in [-0.4, -0.2) is 20.4 Å². The fourth-order valence-electron chi connectivity index (χ4n) is 2.18. The van der Waals surface area contributed by atoms with Gasteiger partial charge in [-0.3, -0.25) is 5.10 Å². The van der Waals surface area contributed by atoms with Crippen LogP contribution in [0.25, 0.3) is 33.8 Å². The first-order chi connectivity index (χ1) is 9.84. The molecule has 0 bridgehead atoms. The Kier molecular flexibility index (Phi) is 2.13. The quantitative estimate of drug-likeness (QED) is 0.577. The molecule has 4 aromatic heterocycles. The molecule has 7 nitrogen and oxygen atoms in total. The maximum Gasteiger partial charge on any atom is 0.205 e. The Balaban J connectivity index is 2.14. The topological polar surface area (TPSA) is 107 Å². The van der Waals surface area contributed by atoms with Gasteiger partial charge in [0.15, 0.2) is 5.76 Å². The van der Waals surface area contributed by atoms with Crippen molar-refractivity contribution in [2.75, 3.05) is 5.73 Å². The molecule has 98 valence electrons. The summed E-state index contributed by atoms with van der Waals surface area (Å²) < 4.78 is 10.9. The highest BCUT2D eigenvalue weighted by atomic mass is 16.3. The molecule has 0 aliphatic heterocycles. The van der Waals surface area contributed by atoms with Crippen LogP contribution in [0.15, 0.2) is 45.6 Å². The second-order valence-electron chi connectivity index (χ2n) is 4.21. The molecule has 0 atom stereocenters. The first-order valence-corrected chi connectivity index (χ1v) is 5.92. The van der Waals surface area contributed by atoms with Crippen molar-refractivity contribution in [2.24, 2.45) is 0 Å². The fraction of sp³-hybridized carbons (Fsp3) is 0. The van der Waals surface area contributed by atoms with E-state index in [-0.39, 0.29) is 0 Å². The van der Waals surface area contributed by atoms with Crippen molar-refractivity contribution in [1.82, 2.24) is 20.4 Å². The molecule has 7 heteroatoms. The number of fused-ring (bicyclic) bond motifs is 1. The molecule has 0 saturated carbocycles. The number of hydrogen-bond acceptors (Lipinski definition) is 6. The average molecular weight is 267 g/mol. The zero-order valence-corrected chi connectivity index (χ0v) is 10.2. The maximum atomic E-state index is 5.95. The van der Waals surface area contributed by atoms with E-state index in [1.54, 1.807) is 30.7 Å². The monoisotopic (exact) mass is 267 g/mol. The fourth-order valence-corrected chi connectivity index (χ4v) is 2.18. The van der Waals surface area contributed by atoms with Crippen molar-refractivity contribution in [3.63, 3.8) is 0 Å². The van der Waals surface area contributed by atoms with Gasteiger partial charge in [0.1, 0.15) is 17.3 Å². The van der Waals surface area contributed by atoms with Gasteiger partial charge in [-0.15, -0.1) is 10.2 Å². The van der Waals surface area contributed by atoms with Gasteiger partial charge in [-0.25, -0.2) is 0 Å². The molecule has 0 radical (unpaired) electrons. The summed E-state index contributed by atoms with van der Waals surface area (Å²) in [5.74, 6) is 1.63. The van der Waals surface area contributed by atoms with E-state index in [1.807, 2.05) is 6.07 Å². The van der Waals surface area contributed by atoms with Gasteiger partial charge in [-0.05, 0) is 24.3 Å². The number of nitrogens with two attached hydrogens (primary N) is 1. The molecule has 20 heavy (non-hydrogen) atoms. The van der Waals surface area contributed by atoms with E-state index >= 15 is 0 Å². The molecule has 0 aromatic carbocycles. The number of rotatable bonds is 2. The SMILES string of the molecule is Nc1[nH]nc2nnc(-c3ccco3)c(-c3ccco3)c12. The maximum absolute atomic E-state index is 5.95. The summed E-state index contributed by atoms with van der Waals surface area (Å²) in [4.78, 5) is 0. The number of hydrogen-bond donors (Lipinski definition) is 2. The van der Waals surface area contributed by atoms with E-state index in [0.29, 0.717) is 39.6 Å². The molecule has 0 amide bonds. The summed E-state index contributed by atoms with van der Waals surface area (Å²) in [6.45, 7) is 0. The van der Waals surface area contributed by atoms with Gasteiger partial charge in [-0.2, -0.15) is 5.10 Å². The van der Waals surface area contributed by atoms with Crippen LogP contribution in [0, 0.1) is 0 Å². The van der Waals surface area contributed by atoms with E-state index in [1.165, 1.54) is 0 Å². The third-order valence-corrected chi connectivity index (χ3v) is 3.03. The molecule has 0 unspecified atom stereocenters. The third kappa shape index (κ3) is 1.43. The summed E-state index contributed by atoms with van der Waals surface area (Å²) in [6.07, 6.45) is 3.16. The van der Waals surface area contributed by atoms with Crippen molar-refractivity contribution < 1.29 is 8.83 Å². The summed E-state index contributed by atoms with van der Waals surface area (Å²) in [5.41, 5.74) is 7.65. The molecule has 4 aromatic rings. The zero-order valence-electron chi connectivity index (χ0n) is 10.2. The minimum atomic E-state index is 0.411. The average Bonchev–Trinajstić information content (AvgIpc) is 3.20. The van der Waals surface area contributed by atoms with Crippen molar-refractivity contribution in [3.8, 4) is 22.8 Å². The van der Waals surface area contributed by atoms with E-state index in [2.05, 4.69) is 20.4 Å². The highest BCUT2D eigenvalue weighted by molar-refractivity contribution is 6.03. The van der Waals surface area contributed by atoms with Gasteiger partial charge < -0.3 is 14.6 Å². The van der Waals surface area contributed by atoms with Crippen LogP contribution in [0.3, 0.4) is 0 Å². The van der Waals surface area contributed by atoms with Gasteiger partial charge in [-0.1, -0.05) is 0 Å². The van der Waals surface area contributed by atoms with Crippen LogP contribution >= 0.6 is 0 Å². The minimum Gasteiger partial charge on any atom is -0.464 e. The van der Waals surface area contributed by atoms with Crippen LogP contribution in [0.5, 0.6) is 0 Å². The van der Waals surface area contributed by atoms with Crippen LogP contribution in [-0.2, 0) is 0 Å². The van der Waals surface area contributed by atoms with E-state index < -0.39 is 0 Å². The van der Waals surface area contributed by atoms with Crippen molar-refractivity contribution in [2.45, 2.75) is 0 Å². The van der Waals surface area contributed by atoms with Crippen LogP contribution < -0.4 is 5.73 Å². The van der Waals surface area contributed by atoms with Crippen LogP contribution in [0.1, 0.15) is 0 Å². The second-order valence-corrected chi connectivity index (χ2v) is 4.21. The largest absolute Gasteiger partial charge is 0.464 e. The van der Waals surface area contributed by atoms with E-state index in [9.17, 15) is 0 Å². The smallest absolute Gasteiger partial charge is 0.205 e. The van der Waals surface area contributed by atoms with Crippen LogP contribution in [0.2, 0.25) is 0 Å². The molecular formula is C13H9N5O2. The Morgan fingerprint density at radius 3 is 2.45 bits per heavy atom. The molecule has 0 aliphatic rings. The van der Waals surface area contributed by atoms with Gasteiger partial charge in [0, 0.05) is 0 Å². The van der Waals surface area contributed by atoms with Crippen molar-refractivity contribution in [3.05, 3.63) is 36.8 Å². The predicted octanol–water partition coefficient (Wildman–Crippen LogP) is 2.46. The first-order valence-electron chi connectivity index (χ1n) is 5.92. The highest BCUT2D eigenvalue weighted by Crippen LogP contribution is 2.37. The number of anilines is 1. The van der Waals surface area contributed by atoms with E-state index in [0.717, 1.165) is 0 Å². The summed E-state index contributed by atoms with van der Waals surface area (Å²) in [7, 11) is 0.